The van der Waals surface area contributed by atoms with E-state index in [9.17, 15) is 4.79 Å². The largest absolute Gasteiger partial charge is 0.356 e. The average Bonchev–Trinajstić information content (AvgIpc) is 3.04. The van der Waals surface area contributed by atoms with Gasteiger partial charge in [0.25, 0.3) is 0 Å². The molecule has 0 spiro atoms. The molecule has 3 aromatic rings. The topological polar surface area (TPSA) is 45.2 Å². The predicted molar refractivity (Wildman–Crippen MR) is 117 cm³/mol. The second-order valence-corrected chi connectivity index (χ2v) is 9.28. The summed E-state index contributed by atoms with van der Waals surface area (Å²) < 4.78 is 2.21. The number of piperidine rings is 1. The summed E-state index contributed by atoms with van der Waals surface area (Å²) >= 11 is 5.34. The number of carbonyl (C=O) groups excluding carboxylic acids is 1. The van der Waals surface area contributed by atoms with E-state index >= 15 is 0 Å². The van der Waals surface area contributed by atoms with Crippen molar-refractivity contribution in [2.45, 2.75) is 26.7 Å². The minimum atomic E-state index is 0.0397. The van der Waals surface area contributed by atoms with Crippen LogP contribution in [0.5, 0.6) is 0 Å². The van der Waals surface area contributed by atoms with Gasteiger partial charge in [-0.1, -0.05) is 6.07 Å². The second kappa shape index (κ2) is 7.60. The maximum Gasteiger partial charge on any atom is 0.227 e. The summed E-state index contributed by atoms with van der Waals surface area (Å²) in [6.07, 6.45) is 3.58. The summed E-state index contributed by atoms with van der Waals surface area (Å²) in [5, 5.41) is 4.30. The first-order valence-electron chi connectivity index (χ1n) is 9.18. The number of halogens is 1. The maximum absolute atomic E-state index is 12.7. The van der Waals surface area contributed by atoms with Gasteiger partial charge >= 0.3 is 0 Å². The molecule has 3 heterocycles. The van der Waals surface area contributed by atoms with Crippen molar-refractivity contribution >= 4 is 54.8 Å². The molecule has 4 nitrogen and oxygen atoms in total. The number of carbonyl (C=O) groups is 1. The van der Waals surface area contributed by atoms with E-state index in [1.807, 2.05) is 31.3 Å². The van der Waals surface area contributed by atoms with Crippen molar-refractivity contribution in [3.63, 3.8) is 0 Å². The van der Waals surface area contributed by atoms with E-state index < -0.39 is 0 Å². The third-order valence-corrected chi connectivity index (χ3v) is 6.77. The molecule has 1 fully saturated rings. The summed E-state index contributed by atoms with van der Waals surface area (Å²) in [6.45, 7) is 5.88. The molecule has 1 aliphatic heterocycles. The molecule has 2 aromatic heterocycles. The Morgan fingerprint density at radius 1 is 1.22 bits per heavy atom. The molecule has 0 unspecified atom stereocenters. The Bertz CT molecular complexity index is 992. The highest BCUT2D eigenvalue weighted by Gasteiger charge is 2.27. The molecule has 27 heavy (non-hydrogen) atoms. The number of rotatable bonds is 3. The van der Waals surface area contributed by atoms with Crippen LogP contribution in [0.4, 0.5) is 11.5 Å². The number of aryl methyl sites for hydroxylation is 2. The first kappa shape index (κ1) is 18.4. The number of nitrogens with zero attached hydrogens (tertiary/aromatic N) is 2. The van der Waals surface area contributed by atoms with E-state index in [1.54, 1.807) is 11.3 Å². The van der Waals surface area contributed by atoms with Crippen LogP contribution in [-0.4, -0.2) is 24.0 Å². The van der Waals surface area contributed by atoms with E-state index in [-0.39, 0.29) is 11.8 Å². The van der Waals surface area contributed by atoms with Crippen LogP contribution in [0.1, 0.15) is 23.3 Å². The Labute approximate surface area is 171 Å². The molecule has 1 amide bonds. The lowest BCUT2D eigenvalue weighted by Crippen LogP contribution is -2.38. The Morgan fingerprint density at radius 3 is 2.74 bits per heavy atom. The molecule has 1 aliphatic rings. The monoisotopic (exact) mass is 443 g/mol. The third kappa shape index (κ3) is 3.87. The zero-order chi connectivity index (χ0) is 19.0. The highest BCUT2D eigenvalue weighted by Crippen LogP contribution is 2.33. The average molecular weight is 444 g/mol. The van der Waals surface area contributed by atoms with Crippen molar-refractivity contribution in [2.75, 3.05) is 23.3 Å². The van der Waals surface area contributed by atoms with E-state index in [0.29, 0.717) is 0 Å². The van der Waals surface area contributed by atoms with Crippen molar-refractivity contribution in [1.29, 1.82) is 0 Å². The van der Waals surface area contributed by atoms with Gasteiger partial charge in [0.05, 0.1) is 5.69 Å². The minimum absolute atomic E-state index is 0.0397. The maximum atomic E-state index is 12.7. The van der Waals surface area contributed by atoms with Gasteiger partial charge in [0.2, 0.25) is 5.91 Å². The summed E-state index contributed by atoms with van der Waals surface area (Å²) in [5.41, 5.74) is 2.01. The zero-order valence-electron chi connectivity index (χ0n) is 15.5. The quantitative estimate of drug-likeness (QED) is 0.578. The summed E-state index contributed by atoms with van der Waals surface area (Å²) in [5.74, 6) is 1.20. The normalized spacial score (nSPS) is 15.3. The van der Waals surface area contributed by atoms with Crippen molar-refractivity contribution in [1.82, 2.24) is 4.98 Å². The molecule has 6 heteroatoms. The molecular weight excluding hydrogens is 422 g/mol. The van der Waals surface area contributed by atoms with Gasteiger partial charge in [0.15, 0.2) is 0 Å². The van der Waals surface area contributed by atoms with E-state index in [0.717, 1.165) is 41.9 Å². The van der Waals surface area contributed by atoms with Crippen LogP contribution in [0, 0.1) is 19.8 Å². The summed E-state index contributed by atoms with van der Waals surface area (Å²) in [7, 11) is 0. The van der Waals surface area contributed by atoms with Gasteiger partial charge in [-0.3, -0.25) is 4.79 Å². The van der Waals surface area contributed by atoms with Gasteiger partial charge in [-0.05, 0) is 72.4 Å². The fraction of sp³-hybridized carbons (Fsp3) is 0.333. The fourth-order valence-electron chi connectivity index (χ4n) is 3.64. The second-order valence-electron chi connectivity index (χ2n) is 7.14. The number of benzene rings is 1. The number of fused-ring (bicyclic) bond motifs is 1. The van der Waals surface area contributed by atoms with Gasteiger partial charge in [0, 0.05) is 44.6 Å². The fourth-order valence-corrected chi connectivity index (χ4v) is 5.14. The first-order valence-corrected chi connectivity index (χ1v) is 10.8. The van der Waals surface area contributed by atoms with Gasteiger partial charge in [-0.2, -0.15) is 0 Å². The van der Waals surface area contributed by atoms with Crippen molar-refractivity contribution in [3.05, 3.63) is 51.4 Å². The Balaban J connectivity index is 1.43. The SMILES string of the molecule is Cc1ccc(NC(=O)C2CCN(c3nccc4sc(C)cc34)CC2)c(Br)c1. The molecule has 0 radical (unpaired) electrons. The number of amides is 1. The first-order chi connectivity index (χ1) is 13.0. The van der Waals surface area contributed by atoms with Crippen LogP contribution >= 0.6 is 27.3 Å². The Kier molecular flexibility index (Phi) is 5.19. The van der Waals surface area contributed by atoms with Crippen molar-refractivity contribution in [2.24, 2.45) is 5.92 Å². The smallest absolute Gasteiger partial charge is 0.227 e. The summed E-state index contributed by atoms with van der Waals surface area (Å²) in [4.78, 5) is 20.9. The molecule has 1 saturated heterocycles. The van der Waals surface area contributed by atoms with Crippen LogP contribution in [0.2, 0.25) is 0 Å². The molecule has 0 bridgehead atoms. The summed E-state index contributed by atoms with van der Waals surface area (Å²) in [6, 6.07) is 10.3. The van der Waals surface area contributed by atoms with Crippen molar-refractivity contribution in [3.8, 4) is 0 Å². The molecular formula is C21H22BrN3OS. The number of anilines is 2. The number of pyridine rings is 1. The van der Waals surface area contributed by atoms with Crippen LogP contribution in [0.25, 0.3) is 10.1 Å². The van der Waals surface area contributed by atoms with Crippen LogP contribution in [-0.2, 0) is 4.79 Å². The molecule has 0 atom stereocenters. The van der Waals surface area contributed by atoms with Gasteiger partial charge < -0.3 is 10.2 Å². The van der Waals surface area contributed by atoms with Gasteiger partial charge in [-0.25, -0.2) is 4.98 Å². The third-order valence-electron chi connectivity index (χ3n) is 5.10. The number of aromatic nitrogens is 1. The highest BCUT2D eigenvalue weighted by atomic mass is 79.9. The molecule has 4 rings (SSSR count). The van der Waals surface area contributed by atoms with Crippen molar-refractivity contribution < 1.29 is 4.79 Å². The lowest BCUT2D eigenvalue weighted by atomic mass is 9.95. The molecule has 1 aromatic carbocycles. The van der Waals surface area contributed by atoms with Crippen LogP contribution in [0.15, 0.2) is 41.0 Å². The van der Waals surface area contributed by atoms with E-state index in [1.165, 1.54) is 20.5 Å². The molecule has 1 N–H and O–H groups in total. The van der Waals surface area contributed by atoms with Crippen LogP contribution in [0.3, 0.4) is 0 Å². The van der Waals surface area contributed by atoms with Crippen LogP contribution < -0.4 is 10.2 Å². The zero-order valence-corrected chi connectivity index (χ0v) is 17.9. The van der Waals surface area contributed by atoms with E-state index in [2.05, 4.69) is 50.2 Å². The highest BCUT2D eigenvalue weighted by molar-refractivity contribution is 9.10. The molecule has 0 saturated carbocycles. The Morgan fingerprint density at radius 2 is 2.00 bits per heavy atom. The number of thiophene rings is 1. The van der Waals surface area contributed by atoms with Gasteiger partial charge in [0.1, 0.15) is 5.82 Å². The number of nitrogens with one attached hydrogen (secondary N) is 1. The van der Waals surface area contributed by atoms with E-state index in [4.69, 9.17) is 0 Å². The number of hydrogen-bond acceptors (Lipinski definition) is 4. The standard InChI is InChI=1S/C21H22BrN3OS/c1-13-3-4-18(17(22)11-13)24-21(26)15-6-9-25(10-7-15)20-16-12-14(2)27-19(16)5-8-23-20/h3-5,8,11-12,15H,6-7,9-10H2,1-2H3,(H,24,26). The predicted octanol–water partition coefficient (Wildman–Crippen LogP) is 5.53. The Hall–Kier alpha value is -1.92. The minimum Gasteiger partial charge on any atom is -0.356 e. The lowest BCUT2D eigenvalue weighted by molar-refractivity contribution is -0.120. The number of hydrogen-bond donors (Lipinski definition) is 1. The molecule has 0 aliphatic carbocycles. The lowest BCUT2D eigenvalue weighted by Gasteiger charge is -2.32. The molecule has 140 valence electrons. The van der Waals surface area contributed by atoms with Gasteiger partial charge in [-0.15, -0.1) is 11.3 Å².